The van der Waals surface area contributed by atoms with Crippen molar-refractivity contribution >= 4 is 34.8 Å². The topological polar surface area (TPSA) is 96.7 Å². The number of halogens is 1. The van der Waals surface area contributed by atoms with Gasteiger partial charge in [-0.1, -0.05) is 11.6 Å². The number of allylic oxidation sites excluding steroid dienone is 1. The summed E-state index contributed by atoms with van der Waals surface area (Å²) in [6.45, 7) is 9.80. The highest BCUT2D eigenvalue weighted by Crippen LogP contribution is 2.26. The maximum absolute atomic E-state index is 12.7. The molecule has 3 heterocycles. The van der Waals surface area contributed by atoms with Gasteiger partial charge in [0.2, 0.25) is 5.96 Å². The van der Waals surface area contributed by atoms with Crippen LogP contribution in [0.3, 0.4) is 0 Å². The molecule has 1 saturated heterocycles. The summed E-state index contributed by atoms with van der Waals surface area (Å²) in [5.41, 5.74) is 4.47. The smallest absolute Gasteiger partial charge is 0.253 e. The molecule has 2 fully saturated rings. The molecule has 0 aromatic carbocycles. The number of nitriles is 1. The van der Waals surface area contributed by atoms with Crippen molar-refractivity contribution in [1.82, 2.24) is 25.4 Å². The van der Waals surface area contributed by atoms with Crippen LogP contribution in [0.1, 0.15) is 59.8 Å². The Morgan fingerprint density at radius 3 is 2.74 bits per heavy atom. The number of pyridine rings is 1. The van der Waals surface area contributed by atoms with E-state index >= 15 is 0 Å². The number of aromatic nitrogens is 1. The average molecular weight is 554 g/mol. The maximum Gasteiger partial charge on any atom is 0.253 e. The number of hydrogen-bond acceptors (Lipinski definition) is 6. The second kappa shape index (κ2) is 13.1. The number of amides is 1. The third-order valence-corrected chi connectivity index (χ3v) is 8.04. The lowest BCUT2D eigenvalue weighted by atomic mass is 9.95. The van der Waals surface area contributed by atoms with Crippen molar-refractivity contribution in [2.24, 2.45) is 10.9 Å². The van der Waals surface area contributed by atoms with Gasteiger partial charge in [-0.15, -0.1) is 0 Å². The summed E-state index contributed by atoms with van der Waals surface area (Å²) < 4.78 is 0. The molecule has 0 bridgehead atoms. The van der Waals surface area contributed by atoms with Gasteiger partial charge in [-0.3, -0.25) is 10.1 Å². The van der Waals surface area contributed by atoms with E-state index in [-0.39, 0.29) is 5.91 Å². The molecule has 1 amide bonds. The van der Waals surface area contributed by atoms with Crippen LogP contribution in [0.15, 0.2) is 39.7 Å². The summed E-state index contributed by atoms with van der Waals surface area (Å²) >= 11 is 7.69. The van der Waals surface area contributed by atoms with Crippen molar-refractivity contribution in [3.8, 4) is 6.19 Å². The normalized spacial score (nSPS) is 16.8. The third-order valence-electron chi connectivity index (χ3n) is 7.12. The molecular formula is C28H36ClN7OS. The van der Waals surface area contributed by atoms with Crippen molar-refractivity contribution in [1.29, 1.82) is 5.26 Å². The van der Waals surface area contributed by atoms with Crippen LogP contribution in [-0.4, -0.2) is 58.9 Å². The Kier molecular flexibility index (Phi) is 9.64. The molecule has 202 valence electrons. The number of aliphatic imine (C=N–C) groups is 1. The molecule has 1 aliphatic carbocycles. The molecule has 0 unspecified atom stereocenters. The lowest BCUT2D eigenvalue weighted by Crippen LogP contribution is -2.44. The minimum Gasteiger partial charge on any atom is -0.375 e. The molecule has 8 nitrogen and oxygen atoms in total. The largest absolute Gasteiger partial charge is 0.375 e. The molecule has 10 heteroatoms. The first-order chi connectivity index (χ1) is 18.3. The van der Waals surface area contributed by atoms with Crippen LogP contribution in [0.25, 0.3) is 0 Å². The maximum atomic E-state index is 12.7. The van der Waals surface area contributed by atoms with E-state index in [1.807, 2.05) is 6.92 Å². The Morgan fingerprint density at radius 2 is 2.11 bits per heavy atom. The second-order valence-electron chi connectivity index (χ2n) is 10.1. The minimum atomic E-state index is -0.132. The van der Waals surface area contributed by atoms with E-state index in [9.17, 15) is 10.1 Å². The monoisotopic (exact) mass is 553 g/mol. The van der Waals surface area contributed by atoms with Crippen LogP contribution in [0.2, 0.25) is 5.15 Å². The molecule has 1 saturated carbocycles. The first-order valence-corrected chi connectivity index (χ1v) is 14.5. The fourth-order valence-electron chi connectivity index (χ4n) is 4.87. The van der Waals surface area contributed by atoms with Crippen molar-refractivity contribution in [3.05, 3.63) is 62.2 Å². The van der Waals surface area contributed by atoms with Gasteiger partial charge in [-0.05, 0) is 92.5 Å². The highest BCUT2D eigenvalue weighted by atomic mass is 35.5. The zero-order valence-corrected chi connectivity index (χ0v) is 23.9. The molecule has 2 aliphatic rings. The number of carbonyl (C=O) groups is 1. The number of thiophene rings is 1. The van der Waals surface area contributed by atoms with Crippen LogP contribution < -0.4 is 10.6 Å². The van der Waals surface area contributed by atoms with E-state index in [0.717, 1.165) is 57.4 Å². The number of hydrogen-bond donors (Lipinski definition) is 2. The number of carbonyl (C=O) groups excluding carboxylic acids is 1. The molecule has 0 atom stereocenters. The Bertz CT molecular complexity index is 1190. The predicted molar refractivity (Wildman–Crippen MR) is 153 cm³/mol. The summed E-state index contributed by atoms with van der Waals surface area (Å²) in [6.07, 6.45) is 8.50. The van der Waals surface area contributed by atoms with Crippen molar-refractivity contribution in [2.75, 3.05) is 26.2 Å². The number of piperidine rings is 1. The molecule has 1 aliphatic heterocycles. The van der Waals surface area contributed by atoms with Gasteiger partial charge in [0.05, 0.1) is 17.3 Å². The Hall–Kier alpha value is -3.09. The van der Waals surface area contributed by atoms with Crippen molar-refractivity contribution < 1.29 is 4.79 Å². The van der Waals surface area contributed by atoms with E-state index in [0.29, 0.717) is 40.9 Å². The SMILES string of the molecule is C/C(=C\CNC(=O)c1c(C)cc(Cl)nc1C)N1CCC(CN(Cc2ccsc2)C(=NC2CC2)NC#N)CC1. The standard InChI is InChI=1S/C28H36ClN7OS/c1-19-14-25(29)33-21(3)26(19)27(37)31-10-6-20(2)35-11-7-22(8-12-35)15-36(16-23-9-13-38-17-23)28(32-18-30)34-24-4-5-24/h6,9,13-14,17,22,24H,4-5,7-8,10-12,15-16H2,1-3H3,(H,31,37)(H,32,34)/b20-6+. The zero-order chi connectivity index (χ0) is 27.1. The van der Waals surface area contributed by atoms with Gasteiger partial charge in [0.25, 0.3) is 5.91 Å². The second-order valence-corrected chi connectivity index (χ2v) is 11.3. The number of likely N-dealkylation sites (tertiary alicyclic amines) is 1. The summed E-state index contributed by atoms with van der Waals surface area (Å²) in [6, 6.07) is 4.20. The fourth-order valence-corrected chi connectivity index (χ4v) is 5.82. The average Bonchev–Trinajstić information content (AvgIpc) is 3.55. The number of aryl methyl sites for hydroxylation is 2. The van der Waals surface area contributed by atoms with Crippen LogP contribution in [0.4, 0.5) is 0 Å². The van der Waals surface area contributed by atoms with Crippen LogP contribution in [-0.2, 0) is 6.54 Å². The summed E-state index contributed by atoms with van der Waals surface area (Å²) in [5, 5.41) is 19.8. The third kappa shape index (κ3) is 7.71. The summed E-state index contributed by atoms with van der Waals surface area (Å²) in [7, 11) is 0. The number of nitrogens with one attached hydrogen (secondary N) is 2. The van der Waals surface area contributed by atoms with Gasteiger partial charge in [-0.2, -0.15) is 16.6 Å². The van der Waals surface area contributed by atoms with E-state index in [4.69, 9.17) is 16.6 Å². The minimum absolute atomic E-state index is 0.132. The molecule has 2 aromatic heterocycles. The first kappa shape index (κ1) is 27.9. The Morgan fingerprint density at radius 1 is 1.34 bits per heavy atom. The lowest BCUT2D eigenvalue weighted by molar-refractivity contribution is 0.0956. The zero-order valence-electron chi connectivity index (χ0n) is 22.3. The van der Waals surface area contributed by atoms with E-state index in [1.165, 1.54) is 11.3 Å². The molecule has 2 aromatic rings. The molecule has 2 N–H and O–H groups in total. The Labute approximate surface area is 234 Å². The van der Waals surface area contributed by atoms with Crippen molar-refractivity contribution in [2.45, 2.75) is 59.0 Å². The van der Waals surface area contributed by atoms with Crippen LogP contribution in [0.5, 0.6) is 0 Å². The van der Waals surface area contributed by atoms with Gasteiger partial charge in [0, 0.05) is 38.4 Å². The van der Waals surface area contributed by atoms with E-state index < -0.39 is 0 Å². The lowest BCUT2D eigenvalue weighted by Gasteiger charge is -2.37. The number of nitrogens with zero attached hydrogens (tertiary/aromatic N) is 5. The highest BCUT2D eigenvalue weighted by molar-refractivity contribution is 7.07. The fraction of sp³-hybridized carbons (Fsp3) is 0.500. The van der Waals surface area contributed by atoms with E-state index in [1.54, 1.807) is 24.3 Å². The Balaban J connectivity index is 1.30. The van der Waals surface area contributed by atoms with Gasteiger partial charge < -0.3 is 15.1 Å². The van der Waals surface area contributed by atoms with E-state index in [2.05, 4.69) is 61.4 Å². The van der Waals surface area contributed by atoms with Gasteiger partial charge >= 0.3 is 0 Å². The molecular weight excluding hydrogens is 518 g/mol. The molecule has 0 spiro atoms. The summed E-state index contributed by atoms with van der Waals surface area (Å²) in [5.74, 6) is 1.09. The first-order valence-electron chi connectivity index (χ1n) is 13.2. The highest BCUT2D eigenvalue weighted by Gasteiger charge is 2.26. The molecule has 4 rings (SSSR count). The quantitative estimate of drug-likeness (QED) is 0.151. The predicted octanol–water partition coefficient (Wildman–Crippen LogP) is 4.85. The van der Waals surface area contributed by atoms with Crippen LogP contribution in [0, 0.1) is 31.2 Å². The molecule has 0 radical (unpaired) electrons. The molecule has 38 heavy (non-hydrogen) atoms. The van der Waals surface area contributed by atoms with Gasteiger partial charge in [-0.25, -0.2) is 9.98 Å². The van der Waals surface area contributed by atoms with Gasteiger partial charge in [0.15, 0.2) is 6.19 Å². The number of guanidine groups is 1. The number of rotatable bonds is 9. The van der Waals surface area contributed by atoms with Crippen molar-refractivity contribution in [3.63, 3.8) is 0 Å². The van der Waals surface area contributed by atoms with Crippen LogP contribution >= 0.6 is 22.9 Å². The summed E-state index contributed by atoms with van der Waals surface area (Å²) in [4.78, 5) is 26.4. The van der Waals surface area contributed by atoms with Gasteiger partial charge in [0.1, 0.15) is 5.15 Å².